The quantitative estimate of drug-likeness (QED) is 0.573. The number of hydrogen-bond donors (Lipinski definition) is 1. The van der Waals surface area contributed by atoms with Gasteiger partial charge in [0.15, 0.2) is 0 Å². The Labute approximate surface area is 132 Å². The minimum absolute atomic E-state index is 0.0403. The highest BCUT2D eigenvalue weighted by molar-refractivity contribution is 5.94. The van der Waals surface area contributed by atoms with Crippen LogP contribution in [0.2, 0.25) is 0 Å². The molecule has 1 N–H and O–H groups in total. The third-order valence-electron chi connectivity index (χ3n) is 3.56. The number of aromatic nitrogens is 1. The fraction of sp³-hybridized carbons (Fsp3) is 0.118. The molecule has 0 atom stereocenters. The van der Waals surface area contributed by atoms with Crippen LogP contribution in [-0.4, -0.2) is 17.0 Å². The van der Waals surface area contributed by atoms with Crippen LogP contribution in [0.15, 0.2) is 54.7 Å². The lowest BCUT2D eigenvalue weighted by molar-refractivity contribution is -0.382. The van der Waals surface area contributed by atoms with Crippen LogP contribution in [0, 0.1) is 10.1 Å². The minimum atomic E-state index is -0.377. The predicted octanol–water partition coefficient (Wildman–Crippen LogP) is 3.76. The van der Waals surface area contributed by atoms with Crippen molar-refractivity contribution in [3.05, 3.63) is 70.4 Å². The molecule has 0 radical (unpaired) electrons. The van der Waals surface area contributed by atoms with E-state index >= 15 is 0 Å². The molecule has 23 heavy (non-hydrogen) atoms. The van der Waals surface area contributed by atoms with Crippen molar-refractivity contribution >= 4 is 22.3 Å². The van der Waals surface area contributed by atoms with Gasteiger partial charge in [-0.2, -0.15) is 0 Å². The normalized spacial score (nSPS) is 10.5. The van der Waals surface area contributed by atoms with Gasteiger partial charge in [0.05, 0.1) is 22.9 Å². The van der Waals surface area contributed by atoms with E-state index in [1.807, 2.05) is 24.3 Å². The van der Waals surface area contributed by atoms with Crippen LogP contribution >= 0.6 is 0 Å². The van der Waals surface area contributed by atoms with Gasteiger partial charge in [-0.05, 0) is 42.0 Å². The molecule has 6 nitrogen and oxygen atoms in total. The lowest BCUT2D eigenvalue weighted by Crippen LogP contribution is -2.03. The van der Waals surface area contributed by atoms with E-state index < -0.39 is 0 Å². The van der Waals surface area contributed by atoms with Gasteiger partial charge in [-0.25, -0.2) is 0 Å². The van der Waals surface area contributed by atoms with Gasteiger partial charge in [-0.3, -0.25) is 15.1 Å². The third kappa shape index (κ3) is 3.06. The fourth-order valence-corrected chi connectivity index (χ4v) is 2.46. The summed E-state index contributed by atoms with van der Waals surface area (Å²) in [6.45, 7) is 0.462. The number of pyridine rings is 1. The number of anilines is 1. The number of nitrogens with zero attached hydrogens (tertiary/aromatic N) is 2. The molecule has 1 aromatic heterocycles. The fourth-order valence-electron chi connectivity index (χ4n) is 2.46. The van der Waals surface area contributed by atoms with Crippen molar-refractivity contribution in [1.82, 2.24) is 4.98 Å². The highest BCUT2D eigenvalue weighted by atomic mass is 16.6. The van der Waals surface area contributed by atoms with Gasteiger partial charge in [0, 0.05) is 12.7 Å². The van der Waals surface area contributed by atoms with Gasteiger partial charge in [0.2, 0.25) is 0 Å². The van der Waals surface area contributed by atoms with Crippen LogP contribution in [0.4, 0.5) is 11.4 Å². The third-order valence-corrected chi connectivity index (χ3v) is 3.56. The van der Waals surface area contributed by atoms with E-state index in [0.29, 0.717) is 23.1 Å². The predicted molar refractivity (Wildman–Crippen MR) is 88.7 cm³/mol. The summed E-state index contributed by atoms with van der Waals surface area (Å²) in [7, 11) is 1.60. The summed E-state index contributed by atoms with van der Waals surface area (Å²) in [5.41, 5.74) is 2.09. The second-order valence-corrected chi connectivity index (χ2v) is 4.99. The maximum atomic E-state index is 11.5. The van der Waals surface area contributed by atoms with Crippen LogP contribution in [-0.2, 0) is 6.54 Å². The molecule has 0 aliphatic heterocycles. The number of rotatable bonds is 5. The topological polar surface area (TPSA) is 77.3 Å². The first-order valence-electron chi connectivity index (χ1n) is 7.08. The zero-order chi connectivity index (χ0) is 16.2. The molecule has 0 unspecified atom stereocenters. The van der Waals surface area contributed by atoms with Crippen molar-refractivity contribution < 1.29 is 9.66 Å². The maximum Gasteiger partial charge on any atom is 0.301 e. The molecule has 0 aliphatic carbocycles. The molecule has 0 saturated heterocycles. The summed E-state index contributed by atoms with van der Waals surface area (Å²) in [6.07, 6.45) is 1.62. The van der Waals surface area contributed by atoms with Gasteiger partial charge in [0.1, 0.15) is 11.4 Å². The van der Waals surface area contributed by atoms with Crippen LogP contribution in [0.3, 0.4) is 0 Å². The number of nitro groups is 1. The van der Waals surface area contributed by atoms with Gasteiger partial charge < -0.3 is 10.1 Å². The van der Waals surface area contributed by atoms with Crippen LogP contribution < -0.4 is 10.1 Å². The SMILES string of the molecule is COc1cccc(CNc2ccc3ncccc3c2[N+](=O)[O-])c1. The second kappa shape index (κ2) is 6.31. The average molecular weight is 309 g/mol. The number of methoxy groups -OCH3 is 1. The van der Waals surface area contributed by atoms with E-state index in [-0.39, 0.29) is 10.6 Å². The van der Waals surface area contributed by atoms with Crippen LogP contribution in [0.1, 0.15) is 5.56 Å². The lowest BCUT2D eigenvalue weighted by Gasteiger charge is -2.10. The maximum absolute atomic E-state index is 11.5. The molecule has 0 bridgehead atoms. The molecule has 0 saturated carbocycles. The minimum Gasteiger partial charge on any atom is -0.497 e. The van der Waals surface area contributed by atoms with E-state index in [1.54, 1.807) is 37.6 Å². The number of nitro benzene ring substituents is 1. The van der Waals surface area contributed by atoms with Gasteiger partial charge in [-0.15, -0.1) is 0 Å². The van der Waals surface area contributed by atoms with E-state index in [1.165, 1.54) is 0 Å². The summed E-state index contributed by atoms with van der Waals surface area (Å²) < 4.78 is 5.18. The van der Waals surface area contributed by atoms with E-state index in [4.69, 9.17) is 4.74 Å². The Morgan fingerprint density at radius 3 is 2.87 bits per heavy atom. The van der Waals surface area contributed by atoms with Crippen molar-refractivity contribution in [2.45, 2.75) is 6.54 Å². The molecule has 1 heterocycles. The molecule has 0 amide bonds. The largest absolute Gasteiger partial charge is 0.497 e. The lowest BCUT2D eigenvalue weighted by atomic mass is 10.1. The molecule has 3 aromatic rings. The van der Waals surface area contributed by atoms with Crippen LogP contribution in [0.5, 0.6) is 5.75 Å². The summed E-state index contributed by atoms with van der Waals surface area (Å²) in [5.74, 6) is 0.751. The summed E-state index contributed by atoms with van der Waals surface area (Å²) >= 11 is 0. The van der Waals surface area contributed by atoms with Crippen molar-refractivity contribution in [2.75, 3.05) is 12.4 Å². The first-order chi connectivity index (χ1) is 11.2. The van der Waals surface area contributed by atoms with Crippen molar-refractivity contribution in [2.24, 2.45) is 0 Å². The zero-order valence-electron chi connectivity index (χ0n) is 12.5. The van der Waals surface area contributed by atoms with Crippen molar-refractivity contribution in [3.63, 3.8) is 0 Å². The van der Waals surface area contributed by atoms with Crippen LogP contribution in [0.25, 0.3) is 10.9 Å². The Hall–Kier alpha value is -3.15. The number of ether oxygens (including phenoxy) is 1. The van der Waals surface area contributed by atoms with Crippen molar-refractivity contribution in [1.29, 1.82) is 0 Å². The van der Waals surface area contributed by atoms with E-state index in [9.17, 15) is 10.1 Å². The number of benzene rings is 2. The molecule has 6 heteroatoms. The van der Waals surface area contributed by atoms with Gasteiger partial charge >= 0.3 is 5.69 Å². The average Bonchev–Trinajstić information content (AvgIpc) is 2.59. The standard InChI is InChI=1S/C17H15N3O3/c1-23-13-5-2-4-12(10-13)11-19-16-8-7-15-14(6-3-9-18-15)17(16)20(21)22/h2-10,19H,11H2,1H3. The Morgan fingerprint density at radius 2 is 2.09 bits per heavy atom. The Morgan fingerprint density at radius 1 is 1.22 bits per heavy atom. The summed E-state index contributed by atoms with van der Waals surface area (Å²) in [4.78, 5) is 15.2. The Kier molecular flexibility index (Phi) is 4.05. The monoisotopic (exact) mass is 309 g/mol. The first-order valence-corrected chi connectivity index (χ1v) is 7.08. The van der Waals surface area contributed by atoms with E-state index in [2.05, 4.69) is 10.3 Å². The number of nitrogens with one attached hydrogen (secondary N) is 1. The number of fused-ring (bicyclic) bond motifs is 1. The van der Waals surface area contributed by atoms with Gasteiger partial charge in [0.25, 0.3) is 0 Å². The highest BCUT2D eigenvalue weighted by Crippen LogP contribution is 2.32. The smallest absolute Gasteiger partial charge is 0.301 e. The molecule has 116 valence electrons. The first kappa shape index (κ1) is 14.8. The number of hydrogen-bond acceptors (Lipinski definition) is 5. The summed E-state index contributed by atoms with van der Waals surface area (Å²) in [5, 5.41) is 15.1. The molecular formula is C17H15N3O3. The summed E-state index contributed by atoms with van der Waals surface area (Å²) in [6, 6.07) is 14.4. The molecule has 0 fully saturated rings. The molecule has 0 spiro atoms. The second-order valence-electron chi connectivity index (χ2n) is 4.99. The molecule has 2 aromatic carbocycles. The Bertz CT molecular complexity index is 865. The molecule has 0 aliphatic rings. The van der Waals surface area contributed by atoms with Gasteiger partial charge in [-0.1, -0.05) is 12.1 Å². The van der Waals surface area contributed by atoms with E-state index in [0.717, 1.165) is 11.3 Å². The zero-order valence-corrected chi connectivity index (χ0v) is 12.5. The Balaban J connectivity index is 1.93. The van der Waals surface area contributed by atoms with Crippen molar-refractivity contribution in [3.8, 4) is 5.75 Å². The molecular weight excluding hydrogens is 294 g/mol. The molecule has 3 rings (SSSR count). The highest BCUT2D eigenvalue weighted by Gasteiger charge is 2.18.